The molecule has 0 aliphatic rings. The van der Waals surface area contributed by atoms with Crippen LogP contribution in [-0.2, 0) is 0 Å². The van der Waals surface area contributed by atoms with E-state index in [0.29, 0.717) is 0 Å². The highest BCUT2D eigenvalue weighted by molar-refractivity contribution is 5.31. The minimum absolute atomic E-state index is 0.765. The van der Waals surface area contributed by atoms with E-state index in [1.54, 1.807) is 7.11 Å². The smallest absolute Gasteiger partial charge is 0.126 e. The molecule has 1 aromatic carbocycles. The predicted octanol–water partition coefficient (Wildman–Crippen LogP) is 2.22. The van der Waals surface area contributed by atoms with Gasteiger partial charge in [-0.2, -0.15) is 0 Å². The molecule has 11 heavy (non-hydrogen) atoms. The zero-order chi connectivity index (χ0) is 8.10. The molecule has 0 radical (unpaired) electrons. The lowest BCUT2D eigenvalue weighted by molar-refractivity contribution is 0.413. The van der Waals surface area contributed by atoms with E-state index in [0.717, 1.165) is 11.5 Å². The van der Waals surface area contributed by atoms with Crippen LogP contribution < -0.4 is 9.47 Å². The summed E-state index contributed by atoms with van der Waals surface area (Å²) in [5.74, 6) is 1.59. The number of methoxy groups -OCH3 is 1. The number of hydrogen-bond acceptors (Lipinski definition) is 2. The van der Waals surface area contributed by atoms with E-state index in [4.69, 9.17) is 9.47 Å². The highest BCUT2D eigenvalue weighted by Gasteiger charge is 1.90. The normalized spacial score (nSPS) is 8.82. The molecule has 2 heteroatoms. The summed E-state index contributed by atoms with van der Waals surface area (Å²) in [4.78, 5) is 0. The minimum Gasteiger partial charge on any atom is -0.497 e. The fourth-order valence-corrected chi connectivity index (χ4v) is 0.751. The van der Waals surface area contributed by atoms with Crippen molar-refractivity contribution in [2.45, 2.75) is 0 Å². The van der Waals surface area contributed by atoms with Crippen molar-refractivity contribution < 1.29 is 9.47 Å². The zero-order valence-corrected chi connectivity index (χ0v) is 6.41. The van der Waals surface area contributed by atoms with Crippen molar-refractivity contribution >= 4 is 0 Å². The van der Waals surface area contributed by atoms with Gasteiger partial charge in [-0.25, -0.2) is 0 Å². The van der Waals surface area contributed by atoms with E-state index >= 15 is 0 Å². The lowest BCUT2D eigenvalue weighted by Gasteiger charge is -2.00. The Balaban J connectivity index is 2.74. The van der Waals surface area contributed by atoms with Gasteiger partial charge in [-0.3, -0.25) is 0 Å². The largest absolute Gasteiger partial charge is 0.497 e. The van der Waals surface area contributed by atoms with Crippen LogP contribution in [0.3, 0.4) is 0 Å². The van der Waals surface area contributed by atoms with E-state index in [1.807, 2.05) is 24.3 Å². The summed E-state index contributed by atoms with van der Waals surface area (Å²) in [5, 5.41) is 0. The van der Waals surface area contributed by atoms with Gasteiger partial charge < -0.3 is 9.47 Å². The maximum absolute atomic E-state index is 5.01. The van der Waals surface area contributed by atoms with E-state index < -0.39 is 0 Å². The number of benzene rings is 1. The lowest BCUT2D eigenvalue weighted by atomic mass is 10.3. The summed E-state index contributed by atoms with van der Waals surface area (Å²) in [6, 6.07) is 7.30. The second-order valence-corrected chi connectivity index (χ2v) is 1.96. The van der Waals surface area contributed by atoms with Gasteiger partial charge in [0, 0.05) is 0 Å². The molecule has 0 aromatic heterocycles. The molecule has 0 aliphatic carbocycles. The lowest BCUT2D eigenvalue weighted by Crippen LogP contribution is -1.83. The third-order valence-corrected chi connectivity index (χ3v) is 1.28. The molecule has 0 amide bonds. The molecule has 2 nitrogen and oxygen atoms in total. The molecule has 0 aliphatic heterocycles. The SMILES string of the molecule is C=COc1ccc(OC)cc1. The monoisotopic (exact) mass is 150 g/mol. The van der Waals surface area contributed by atoms with Crippen molar-refractivity contribution in [2.24, 2.45) is 0 Å². The van der Waals surface area contributed by atoms with Crippen LogP contribution in [0.4, 0.5) is 0 Å². The first-order valence-corrected chi connectivity index (χ1v) is 3.28. The summed E-state index contributed by atoms with van der Waals surface area (Å²) in [6.45, 7) is 3.45. The van der Waals surface area contributed by atoms with Gasteiger partial charge in [0.1, 0.15) is 11.5 Å². The van der Waals surface area contributed by atoms with E-state index in [1.165, 1.54) is 6.26 Å². The molecule has 0 fully saturated rings. The van der Waals surface area contributed by atoms with Gasteiger partial charge in [0.05, 0.1) is 13.4 Å². The molecule has 0 saturated carbocycles. The maximum atomic E-state index is 5.01. The van der Waals surface area contributed by atoms with Gasteiger partial charge in [-0.1, -0.05) is 6.58 Å². The standard InChI is InChI=1S/C9H10O2/c1-3-11-9-6-4-8(10-2)5-7-9/h3-7H,1H2,2H3. The minimum atomic E-state index is 0.765. The van der Waals surface area contributed by atoms with E-state index in [2.05, 4.69) is 6.58 Å². The van der Waals surface area contributed by atoms with Gasteiger partial charge in [0.15, 0.2) is 0 Å². The Kier molecular flexibility index (Phi) is 2.55. The van der Waals surface area contributed by atoms with Crippen molar-refractivity contribution in [2.75, 3.05) is 7.11 Å². The van der Waals surface area contributed by atoms with Crippen LogP contribution in [0, 0.1) is 0 Å². The van der Waals surface area contributed by atoms with Crippen LogP contribution in [0.15, 0.2) is 37.1 Å². The van der Waals surface area contributed by atoms with Gasteiger partial charge in [-0.15, -0.1) is 0 Å². The average Bonchev–Trinajstić information content (AvgIpc) is 2.07. The zero-order valence-electron chi connectivity index (χ0n) is 6.41. The van der Waals surface area contributed by atoms with Crippen LogP contribution in [0.2, 0.25) is 0 Å². The van der Waals surface area contributed by atoms with Gasteiger partial charge in [0.2, 0.25) is 0 Å². The van der Waals surface area contributed by atoms with Crippen LogP contribution in [0.25, 0.3) is 0 Å². The van der Waals surface area contributed by atoms with Gasteiger partial charge in [0.25, 0.3) is 0 Å². The summed E-state index contributed by atoms with van der Waals surface area (Å²) in [6.07, 6.45) is 1.39. The second-order valence-electron chi connectivity index (χ2n) is 1.96. The van der Waals surface area contributed by atoms with Crippen LogP contribution in [0.1, 0.15) is 0 Å². The second kappa shape index (κ2) is 3.66. The first-order valence-electron chi connectivity index (χ1n) is 3.28. The fourth-order valence-electron chi connectivity index (χ4n) is 0.751. The van der Waals surface area contributed by atoms with Crippen LogP contribution in [-0.4, -0.2) is 7.11 Å². The Morgan fingerprint density at radius 2 is 1.73 bits per heavy atom. The average molecular weight is 150 g/mol. The maximum Gasteiger partial charge on any atom is 0.126 e. The first kappa shape index (κ1) is 7.66. The molecule has 0 bridgehead atoms. The van der Waals surface area contributed by atoms with Crippen molar-refractivity contribution in [3.8, 4) is 11.5 Å². The molecule has 0 N–H and O–H groups in total. The predicted molar refractivity (Wildman–Crippen MR) is 43.8 cm³/mol. The fraction of sp³-hybridized carbons (Fsp3) is 0.111. The topological polar surface area (TPSA) is 18.5 Å². The molecule has 0 heterocycles. The Bertz CT molecular complexity index is 226. The molecule has 1 aromatic rings. The van der Waals surface area contributed by atoms with E-state index in [-0.39, 0.29) is 0 Å². The van der Waals surface area contributed by atoms with Crippen molar-refractivity contribution in [1.29, 1.82) is 0 Å². The Labute approximate surface area is 66.1 Å². The molecule has 1 rings (SSSR count). The summed E-state index contributed by atoms with van der Waals surface area (Å²) >= 11 is 0. The Hall–Kier alpha value is -1.44. The van der Waals surface area contributed by atoms with Crippen LogP contribution in [0.5, 0.6) is 11.5 Å². The van der Waals surface area contributed by atoms with Crippen molar-refractivity contribution in [3.05, 3.63) is 37.1 Å². The summed E-state index contributed by atoms with van der Waals surface area (Å²) in [5.41, 5.74) is 0. The number of ether oxygens (including phenoxy) is 2. The van der Waals surface area contributed by atoms with Gasteiger partial charge in [-0.05, 0) is 24.3 Å². The molecular weight excluding hydrogens is 140 g/mol. The third kappa shape index (κ3) is 2.00. The quantitative estimate of drug-likeness (QED) is 0.615. The summed E-state index contributed by atoms with van der Waals surface area (Å²) in [7, 11) is 1.63. The molecule has 0 spiro atoms. The number of hydrogen-bond donors (Lipinski definition) is 0. The molecule has 0 saturated heterocycles. The van der Waals surface area contributed by atoms with Crippen molar-refractivity contribution in [3.63, 3.8) is 0 Å². The molecule has 58 valence electrons. The first-order chi connectivity index (χ1) is 5.36. The highest BCUT2D eigenvalue weighted by Crippen LogP contribution is 2.16. The van der Waals surface area contributed by atoms with E-state index in [9.17, 15) is 0 Å². The third-order valence-electron chi connectivity index (χ3n) is 1.28. The Morgan fingerprint density at radius 3 is 2.18 bits per heavy atom. The molecular formula is C9H10O2. The highest BCUT2D eigenvalue weighted by atomic mass is 16.5. The molecule has 0 atom stereocenters. The Morgan fingerprint density at radius 1 is 1.18 bits per heavy atom. The van der Waals surface area contributed by atoms with Gasteiger partial charge >= 0.3 is 0 Å². The van der Waals surface area contributed by atoms with Crippen LogP contribution >= 0.6 is 0 Å². The molecule has 0 unspecified atom stereocenters. The number of rotatable bonds is 3. The van der Waals surface area contributed by atoms with Crippen molar-refractivity contribution in [1.82, 2.24) is 0 Å². The summed E-state index contributed by atoms with van der Waals surface area (Å²) < 4.78 is 9.98.